The zero-order chi connectivity index (χ0) is 83.8. The first-order valence-corrected chi connectivity index (χ1v) is 41.6. The first-order valence-electron chi connectivity index (χ1n) is 41.6. The van der Waals surface area contributed by atoms with Gasteiger partial charge < -0.3 is 53.2 Å². The molecule has 4 amide bonds. The van der Waals surface area contributed by atoms with Gasteiger partial charge in [-0.3, -0.25) is 41.5 Å². The lowest BCUT2D eigenvalue weighted by molar-refractivity contribution is 0.0682. The molecule has 15 heterocycles. The number of carbonyl (C=O) groups is 4. The van der Waals surface area contributed by atoms with E-state index in [1.807, 2.05) is 220 Å². The number of benzene rings is 4. The van der Waals surface area contributed by atoms with Crippen molar-refractivity contribution in [3.8, 4) is 44.5 Å². The molecule has 2 saturated heterocycles. The summed E-state index contributed by atoms with van der Waals surface area (Å²) in [5.74, 6) is 2.26. The maximum Gasteiger partial charge on any atom is 0.272 e. The van der Waals surface area contributed by atoms with Crippen LogP contribution < -0.4 is 16.0 Å². The summed E-state index contributed by atoms with van der Waals surface area (Å²) in [6, 6.07) is 41.8. The van der Waals surface area contributed by atoms with E-state index in [2.05, 4.69) is 103 Å². The quantitative estimate of drug-likeness (QED) is 0.0501. The fourth-order valence-electron chi connectivity index (χ4n) is 15.8. The number of hydrogen-bond donors (Lipinski definition) is 3. The monoisotopic (exact) mass is 1630 g/mol. The molecule has 29 heteroatoms. The SMILES string of the molecule is CCN(CC)CCCNC(=O)c1cnc2ccc(-c3ccc4oc(C)nc4c3)cn12.CCN(CC)CCNC(=O)c1cnc2ccc(-c3ccc4oc(C)nc4c3)cn12.Cc1ccn(C2CCN(C(=O)c3cnc4ccc(-c5ccc6oc(C)nc6c5)cn34)CC2)n1.Cc1nc2cc(-c3ccc4ncc(C(=O)NCCN5CCCC5)n4c3)ccc2o1. The number of likely N-dealkylation sites (N-methyl/N-ethyl adjacent to an activating group) is 1. The maximum absolute atomic E-state index is 13.4. The smallest absolute Gasteiger partial charge is 0.272 e. The van der Waals surface area contributed by atoms with Crippen LogP contribution in [0.25, 0.3) is 111 Å². The predicted molar refractivity (Wildman–Crippen MR) is 466 cm³/mol. The number of aromatic nitrogens is 14. The van der Waals surface area contributed by atoms with E-state index in [9.17, 15) is 19.2 Å². The van der Waals surface area contributed by atoms with E-state index in [-0.39, 0.29) is 23.6 Å². The first-order chi connectivity index (χ1) is 58.9. The Morgan fingerprint density at radius 2 is 0.752 bits per heavy atom. The summed E-state index contributed by atoms with van der Waals surface area (Å²) >= 11 is 0. The van der Waals surface area contributed by atoms with Gasteiger partial charge in [-0.2, -0.15) is 5.10 Å². The molecule has 121 heavy (non-hydrogen) atoms. The zero-order valence-electron chi connectivity index (χ0n) is 69.6. The van der Waals surface area contributed by atoms with E-state index < -0.39 is 0 Å². The van der Waals surface area contributed by atoms with Gasteiger partial charge in [0.15, 0.2) is 45.9 Å². The van der Waals surface area contributed by atoms with Crippen molar-refractivity contribution in [2.24, 2.45) is 0 Å². The highest BCUT2D eigenvalue weighted by Gasteiger charge is 2.28. The van der Waals surface area contributed by atoms with Crippen LogP contribution in [0, 0.1) is 34.6 Å². The number of carbonyl (C=O) groups excluding carboxylic acids is 4. The second kappa shape index (κ2) is 36.4. The second-order valence-electron chi connectivity index (χ2n) is 30.5. The van der Waals surface area contributed by atoms with Gasteiger partial charge in [0.05, 0.1) is 36.5 Å². The highest BCUT2D eigenvalue weighted by atomic mass is 16.4. The van der Waals surface area contributed by atoms with Crippen LogP contribution in [0.5, 0.6) is 0 Å². The summed E-state index contributed by atoms with van der Waals surface area (Å²) in [5.41, 5.74) is 20.5. The lowest BCUT2D eigenvalue weighted by Gasteiger charge is -2.32. The predicted octanol–water partition coefficient (Wildman–Crippen LogP) is 15.1. The van der Waals surface area contributed by atoms with Gasteiger partial charge >= 0.3 is 0 Å². The molecule has 2 aliphatic rings. The summed E-state index contributed by atoms with van der Waals surface area (Å²) in [5, 5.41) is 13.6. The van der Waals surface area contributed by atoms with Gasteiger partial charge in [-0.05, 0) is 232 Å². The van der Waals surface area contributed by atoms with Crippen LogP contribution in [0.15, 0.2) is 201 Å². The van der Waals surface area contributed by atoms with Gasteiger partial charge in [0.2, 0.25) is 0 Å². The van der Waals surface area contributed by atoms with Gasteiger partial charge in [-0.1, -0.05) is 52.0 Å². The van der Waals surface area contributed by atoms with Gasteiger partial charge in [-0.25, -0.2) is 39.9 Å². The number of nitrogens with one attached hydrogen (secondary N) is 3. The lowest BCUT2D eigenvalue weighted by atomic mass is 10.0. The largest absolute Gasteiger partial charge is 0.441 e. The maximum atomic E-state index is 13.4. The van der Waals surface area contributed by atoms with Crippen molar-refractivity contribution in [3.63, 3.8) is 0 Å². The Balaban J connectivity index is 0.000000120. The fourth-order valence-corrected chi connectivity index (χ4v) is 15.8. The minimum Gasteiger partial charge on any atom is -0.441 e. The van der Waals surface area contributed by atoms with Crippen molar-refractivity contribution in [2.45, 2.75) is 100 Å². The van der Waals surface area contributed by atoms with E-state index in [4.69, 9.17) is 17.7 Å². The number of imidazole rings is 4. The summed E-state index contributed by atoms with van der Waals surface area (Å²) in [6.07, 6.45) is 21.6. The Morgan fingerprint density at radius 3 is 1.12 bits per heavy atom. The number of oxazole rings is 4. The minimum atomic E-state index is -0.121. The second-order valence-corrected chi connectivity index (χ2v) is 30.5. The van der Waals surface area contributed by atoms with Crippen LogP contribution in [-0.4, -0.2) is 202 Å². The van der Waals surface area contributed by atoms with Crippen LogP contribution in [-0.2, 0) is 0 Å². The van der Waals surface area contributed by atoms with Crippen LogP contribution in [0.4, 0.5) is 0 Å². The number of aryl methyl sites for hydroxylation is 5. The topological polar surface area (TPSA) is 308 Å². The van der Waals surface area contributed by atoms with Crippen LogP contribution in [0.3, 0.4) is 0 Å². The summed E-state index contributed by atoms with van der Waals surface area (Å²) in [4.78, 5) is 95.7. The van der Waals surface area contributed by atoms with Crippen molar-refractivity contribution < 1.29 is 36.8 Å². The molecule has 0 spiro atoms. The van der Waals surface area contributed by atoms with E-state index in [0.717, 1.165) is 195 Å². The number of nitrogens with zero attached hydrogens (tertiary/aromatic N) is 18. The van der Waals surface area contributed by atoms with Crippen LogP contribution in [0.1, 0.15) is 137 Å². The van der Waals surface area contributed by atoms with E-state index >= 15 is 0 Å². The van der Waals surface area contributed by atoms with E-state index in [0.29, 0.717) is 85.1 Å². The molecule has 2 aliphatic heterocycles. The molecule has 29 nitrogen and oxygen atoms in total. The average Bonchev–Trinajstić information content (AvgIpc) is 1.70. The number of likely N-dealkylation sites (tertiary alicyclic amines) is 2. The molecule has 13 aromatic heterocycles. The standard InChI is InChI=1S/C25H24N6O2.C23H27N5O2.C22H23N5O2.C22H25N5O2/c1-16-7-12-31(28-16)20-8-10-29(11-9-20)25(32)22-14-26-24-6-4-19(15-30(22)24)18-3-5-23-21(13-18)27-17(2)33-23;1-4-27(5-2)12-6-11-24-23(29)20-14-25-22-10-8-18(15-28(20)22)17-7-9-21-19(13-17)26-16(3)30-21;1-15-25-18-12-16(4-6-20(18)29-15)17-5-7-21-24-13-19(27(21)14-17)22(28)23-8-11-26-9-2-3-10-26;1-4-26(5-2)11-10-23-22(28)19-13-24-21-9-7-17(14-27(19)21)16-6-8-20-18(12-16)25-15(3)29-20/h3-7,12-15,20H,8-11H2,1-2H3;7-10,13-15H,4-6,11-12H2,1-3H3,(H,24,29);4-7,12-14H,2-3,8-11H2,1H3,(H,23,28);6-9,12-14H,4-5,10-11H2,1-3H3,(H,23,28). The summed E-state index contributed by atoms with van der Waals surface area (Å²) < 4.78 is 31.7. The number of hydrogen-bond acceptors (Lipinski definition) is 20. The van der Waals surface area contributed by atoms with Crippen molar-refractivity contribution in [3.05, 3.63) is 235 Å². The Labute approximate surface area is 698 Å². The molecule has 620 valence electrons. The van der Waals surface area contributed by atoms with Crippen LogP contribution >= 0.6 is 0 Å². The Bertz CT molecular complexity index is 6390. The normalized spacial score (nSPS) is 13.3. The zero-order valence-corrected chi connectivity index (χ0v) is 69.6. The molecular formula is C92H99N21O8. The van der Waals surface area contributed by atoms with Crippen molar-refractivity contribution >= 4 is 90.6 Å². The van der Waals surface area contributed by atoms with Gasteiger partial charge in [-0.15, -0.1) is 0 Å². The van der Waals surface area contributed by atoms with Gasteiger partial charge in [0, 0.05) is 104 Å². The fraction of sp³-hybridized carbons (Fsp3) is 0.315. The van der Waals surface area contributed by atoms with E-state index in [1.54, 1.807) is 24.8 Å². The number of amides is 4. The van der Waals surface area contributed by atoms with Gasteiger partial charge in [0.25, 0.3) is 23.6 Å². The molecule has 0 radical (unpaired) electrons. The molecule has 19 rings (SSSR count). The molecule has 0 saturated carbocycles. The third-order valence-electron chi connectivity index (χ3n) is 22.5. The molecule has 3 N–H and O–H groups in total. The number of rotatable bonds is 23. The number of fused-ring (bicyclic) bond motifs is 8. The molecule has 2 fully saturated rings. The molecule has 0 unspecified atom stereocenters. The van der Waals surface area contributed by atoms with E-state index in [1.165, 1.54) is 12.8 Å². The Hall–Kier alpha value is -13.5. The summed E-state index contributed by atoms with van der Waals surface area (Å²) in [6.45, 7) is 30.2. The summed E-state index contributed by atoms with van der Waals surface area (Å²) in [7, 11) is 0. The third kappa shape index (κ3) is 18.4. The molecular weight excluding hydrogens is 1530 g/mol. The third-order valence-corrected chi connectivity index (χ3v) is 22.5. The Kier molecular flexibility index (Phi) is 24.4. The molecule has 0 atom stereocenters. The highest BCUT2D eigenvalue weighted by Crippen LogP contribution is 2.32. The minimum absolute atomic E-state index is 0.0114. The van der Waals surface area contributed by atoms with Crippen LogP contribution in [0.2, 0.25) is 0 Å². The van der Waals surface area contributed by atoms with Gasteiger partial charge in [0.1, 0.15) is 67.4 Å². The molecule has 4 aromatic carbocycles. The number of piperidine rings is 1. The highest BCUT2D eigenvalue weighted by molar-refractivity contribution is 5.96. The first kappa shape index (κ1) is 81.2. The van der Waals surface area contributed by atoms with Crippen molar-refractivity contribution in [1.82, 2.24) is 103 Å². The lowest BCUT2D eigenvalue weighted by Crippen LogP contribution is -2.39. The molecule has 0 aliphatic carbocycles. The molecule has 0 bridgehead atoms. The number of pyridine rings is 4. The average molecular weight is 1630 g/mol. The molecule has 17 aromatic rings. The van der Waals surface area contributed by atoms with Crippen molar-refractivity contribution in [1.29, 1.82) is 0 Å². The Morgan fingerprint density at radius 1 is 0.405 bits per heavy atom. The van der Waals surface area contributed by atoms with Crippen molar-refractivity contribution in [2.75, 3.05) is 91.6 Å².